The van der Waals surface area contributed by atoms with Crippen LogP contribution in [0.2, 0.25) is 0 Å². The SMILES string of the molecule is CC(C)C[C@@]1(NC(=O)OC(C)(C)C)C[C@H]2SC(C)[C@@H](C(=O)O)N2C1=O. The Bertz CT molecular complexity index is 574. The van der Waals surface area contributed by atoms with Crippen molar-refractivity contribution in [3.8, 4) is 0 Å². The lowest BCUT2D eigenvalue weighted by molar-refractivity contribution is -0.149. The lowest BCUT2D eigenvalue weighted by Crippen LogP contribution is -2.58. The summed E-state index contributed by atoms with van der Waals surface area (Å²) in [5.74, 6) is -1.17. The maximum atomic E-state index is 13.2. The van der Waals surface area contributed by atoms with Gasteiger partial charge in [0.2, 0.25) is 5.91 Å². The molecule has 2 rings (SSSR count). The first-order valence-corrected chi connectivity index (χ1v) is 9.53. The lowest BCUT2D eigenvalue weighted by atomic mass is 9.87. The molecule has 0 saturated carbocycles. The smallest absolute Gasteiger partial charge is 0.408 e. The first kappa shape index (κ1) is 19.9. The van der Waals surface area contributed by atoms with Crippen LogP contribution in [0.3, 0.4) is 0 Å². The normalized spacial score (nSPS) is 32.0. The summed E-state index contributed by atoms with van der Waals surface area (Å²) in [6.45, 7) is 11.0. The molecule has 4 atom stereocenters. The summed E-state index contributed by atoms with van der Waals surface area (Å²) in [7, 11) is 0. The third kappa shape index (κ3) is 4.04. The number of aliphatic carboxylic acids is 1. The second-order valence-corrected chi connectivity index (χ2v) is 9.86. The molecule has 0 radical (unpaired) electrons. The highest BCUT2D eigenvalue weighted by Crippen LogP contribution is 2.47. The van der Waals surface area contributed by atoms with Gasteiger partial charge in [0.25, 0.3) is 0 Å². The molecule has 1 unspecified atom stereocenters. The van der Waals surface area contributed by atoms with Crippen LogP contribution in [0.25, 0.3) is 0 Å². The minimum Gasteiger partial charge on any atom is -0.480 e. The van der Waals surface area contributed by atoms with E-state index in [1.807, 2.05) is 20.8 Å². The topological polar surface area (TPSA) is 95.9 Å². The fourth-order valence-corrected chi connectivity index (χ4v) is 5.30. The van der Waals surface area contributed by atoms with Gasteiger partial charge in [-0.05, 0) is 33.1 Å². The number of fused-ring (bicyclic) bond motifs is 1. The molecule has 7 nitrogen and oxygen atoms in total. The molecule has 0 spiro atoms. The molecule has 0 aromatic heterocycles. The zero-order valence-corrected chi connectivity index (χ0v) is 16.5. The van der Waals surface area contributed by atoms with Crippen LogP contribution in [0, 0.1) is 5.92 Å². The van der Waals surface area contributed by atoms with E-state index in [9.17, 15) is 19.5 Å². The molecule has 2 aliphatic rings. The van der Waals surface area contributed by atoms with Crippen molar-refractivity contribution in [1.29, 1.82) is 0 Å². The number of hydrogen-bond donors (Lipinski definition) is 2. The van der Waals surface area contributed by atoms with E-state index in [0.29, 0.717) is 12.8 Å². The summed E-state index contributed by atoms with van der Waals surface area (Å²) in [6.07, 6.45) is 0.189. The van der Waals surface area contributed by atoms with Crippen LogP contribution in [-0.2, 0) is 14.3 Å². The van der Waals surface area contributed by atoms with Crippen molar-refractivity contribution in [3.05, 3.63) is 0 Å². The molecule has 8 heteroatoms. The standard InChI is InChI=1S/C17H28N2O5S/c1-9(2)7-17(18-15(23)24-16(4,5)6)8-11-19(14(17)22)12(13(20)21)10(3)25-11/h9-12H,7-8H2,1-6H3,(H,18,23)(H,20,21)/t10?,11-,12+,17-/m1/s1. The second-order valence-electron chi connectivity index (χ2n) is 8.30. The molecule has 25 heavy (non-hydrogen) atoms. The Balaban J connectivity index is 2.29. The molecule has 0 aromatic carbocycles. The number of carbonyl (C=O) groups excluding carboxylic acids is 2. The Morgan fingerprint density at radius 3 is 2.52 bits per heavy atom. The first-order valence-electron chi connectivity index (χ1n) is 8.58. The fourth-order valence-electron chi connectivity index (χ4n) is 3.67. The Morgan fingerprint density at radius 1 is 1.44 bits per heavy atom. The van der Waals surface area contributed by atoms with Crippen molar-refractivity contribution < 1.29 is 24.2 Å². The molecule has 142 valence electrons. The summed E-state index contributed by atoms with van der Waals surface area (Å²) in [5, 5.41) is 11.9. The van der Waals surface area contributed by atoms with Crippen molar-refractivity contribution in [2.75, 3.05) is 0 Å². The number of carboxylic acid groups (broad SMARTS) is 1. The summed E-state index contributed by atoms with van der Waals surface area (Å²) < 4.78 is 5.33. The largest absolute Gasteiger partial charge is 0.480 e. The summed E-state index contributed by atoms with van der Waals surface area (Å²) in [4.78, 5) is 38.6. The number of carbonyl (C=O) groups is 3. The quantitative estimate of drug-likeness (QED) is 0.787. The van der Waals surface area contributed by atoms with Crippen molar-refractivity contribution in [2.45, 2.75) is 82.2 Å². The second kappa shape index (κ2) is 6.70. The Hall–Kier alpha value is -1.44. The van der Waals surface area contributed by atoms with Crippen LogP contribution in [0.15, 0.2) is 0 Å². The van der Waals surface area contributed by atoms with E-state index in [0.717, 1.165) is 0 Å². The van der Waals surface area contributed by atoms with Gasteiger partial charge in [-0.1, -0.05) is 20.8 Å². The van der Waals surface area contributed by atoms with Crippen LogP contribution in [0.4, 0.5) is 4.79 Å². The minimum absolute atomic E-state index is 0.157. The van der Waals surface area contributed by atoms with Gasteiger partial charge < -0.3 is 20.1 Å². The predicted molar refractivity (Wildman–Crippen MR) is 95.3 cm³/mol. The fraction of sp³-hybridized carbons (Fsp3) is 0.824. The van der Waals surface area contributed by atoms with E-state index in [-0.39, 0.29) is 22.4 Å². The van der Waals surface area contributed by atoms with Crippen molar-refractivity contribution >= 4 is 29.7 Å². The molecule has 0 bridgehead atoms. The summed E-state index contributed by atoms with van der Waals surface area (Å²) >= 11 is 1.48. The number of ether oxygens (including phenoxy) is 1. The third-order valence-corrected chi connectivity index (χ3v) is 5.74. The van der Waals surface area contributed by atoms with Gasteiger partial charge in [0.1, 0.15) is 17.2 Å². The van der Waals surface area contributed by atoms with Crippen molar-refractivity contribution in [2.24, 2.45) is 5.92 Å². The average molecular weight is 372 g/mol. The molecule has 2 N–H and O–H groups in total. The number of hydrogen-bond acceptors (Lipinski definition) is 5. The molecule has 2 saturated heterocycles. The molecule has 0 aromatic rings. The number of nitrogens with zero attached hydrogens (tertiary/aromatic N) is 1. The van der Waals surface area contributed by atoms with E-state index in [1.54, 1.807) is 20.8 Å². The molecule has 2 fully saturated rings. The maximum absolute atomic E-state index is 13.2. The number of amides is 2. The van der Waals surface area contributed by atoms with Gasteiger partial charge in [-0.15, -0.1) is 11.8 Å². The number of nitrogens with one attached hydrogen (secondary N) is 1. The van der Waals surface area contributed by atoms with E-state index in [4.69, 9.17) is 4.74 Å². The number of thioether (sulfide) groups is 1. The van der Waals surface area contributed by atoms with Crippen LogP contribution >= 0.6 is 11.8 Å². The van der Waals surface area contributed by atoms with E-state index in [2.05, 4.69) is 5.32 Å². The minimum atomic E-state index is -1.11. The molecule has 0 aliphatic carbocycles. The van der Waals surface area contributed by atoms with Gasteiger partial charge >= 0.3 is 12.1 Å². The number of alkyl carbamates (subject to hydrolysis) is 1. The first-order chi connectivity index (χ1) is 11.4. The average Bonchev–Trinajstić information content (AvgIpc) is 2.80. The van der Waals surface area contributed by atoms with Crippen molar-refractivity contribution in [3.63, 3.8) is 0 Å². The molecular weight excluding hydrogens is 344 g/mol. The zero-order chi connectivity index (χ0) is 19.2. The Labute approximate surface area is 152 Å². The van der Waals surface area contributed by atoms with Crippen LogP contribution in [0.5, 0.6) is 0 Å². The van der Waals surface area contributed by atoms with Crippen LogP contribution in [-0.4, -0.2) is 55.8 Å². The van der Waals surface area contributed by atoms with Gasteiger partial charge in [0, 0.05) is 11.7 Å². The highest BCUT2D eigenvalue weighted by atomic mass is 32.2. The Morgan fingerprint density at radius 2 is 2.04 bits per heavy atom. The van der Waals surface area contributed by atoms with Crippen molar-refractivity contribution in [1.82, 2.24) is 10.2 Å². The van der Waals surface area contributed by atoms with E-state index in [1.165, 1.54) is 16.7 Å². The highest BCUT2D eigenvalue weighted by molar-refractivity contribution is 8.00. The molecule has 2 aliphatic heterocycles. The lowest BCUT2D eigenvalue weighted by Gasteiger charge is -2.33. The molecular formula is C17H28N2O5S. The summed E-state index contributed by atoms with van der Waals surface area (Å²) in [6, 6.07) is -0.864. The van der Waals surface area contributed by atoms with E-state index >= 15 is 0 Å². The van der Waals surface area contributed by atoms with Gasteiger partial charge in [0.15, 0.2) is 0 Å². The highest BCUT2D eigenvalue weighted by Gasteiger charge is 2.60. The van der Waals surface area contributed by atoms with Crippen LogP contribution in [0.1, 0.15) is 54.4 Å². The maximum Gasteiger partial charge on any atom is 0.408 e. The van der Waals surface area contributed by atoms with Gasteiger partial charge in [0.05, 0.1) is 5.37 Å². The Kier molecular flexibility index (Phi) is 5.33. The van der Waals surface area contributed by atoms with Gasteiger partial charge in [-0.2, -0.15) is 0 Å². The van der Waals surface area contributed by atoms with Crippen LogP contribution < -0.4 is 5.32 Å². The third-order valence-electron chi connectivity index (χ3n) is 4.34. The summed E-state index contributed by atoms with van der Waals surface area (Å²) in [5.41, 5.74) is -1.78. The number of carboxylic acids is 1. The van der Waals surface area contributed by atoms with E-state index < -0.39 is 29.2 Å². The van der Waals surface area contributed by atoms with Gasteiger partial charge in [-0.3, -0.25) is 4.79 Å². The number of rotatable bonds is 4. The zero-order valence-electron chi connectivity index (χ0n) is 15.7. The molecule has 2 amide bonds. The molecule has 2 heterocycles. The predicted octanol–water partition coefficient (Wildman–Crippen LogP) is 2.44. The monoisotopic (exact) mass is 372 g/mol. The van der Waals surface area contributed by atoms with Gasteiger partial charge in [-0.25, -0.2) is 9.59 Å².